The van der Waals surface area contributed by atoms with Crippen molar-refractivity contribution in [1.29, 1.82) is 0 Å². The molecule has 2 aromatic heterocycles. The summed E-state index contributed by atoms with van der Waals surface area (Å²) in [5.74, 6) is 1.45. The van der Waals surface area contributed by atoms with Crippen LogP contribution in [0.25, 0.3) is 21.3 Å². The highest BCUT2D eigenvalue weighted by atomic mass is 32.1. The number of rotatable bonds is 6. The van der Waals surface area contributed by atoms with E-state index < -0.39 is 4.92 Å². The zero-order valence-electron chi connectivity index (χ0n) is 15.0. The Balaban J connectivity index is 1.75. The van der Waals surface area contributed by atoms with E-state index in [1.165, 1.54) is 23.7 Å². The fraction of sp³-hybridized carbons (Fsp3) is 0.100. The molecule has 0 radical (unpaired) electrons. The van der Waals surface area contributed by atoms with E-state index in [9.17, 15) is 10.1 Å². The fourth-order valence-electron chi connectivity index (χ4n) is 2.91. The van der Waals surface area contributed by atoms with Gasteiger partial charge in [0, 0.05) is 28.8 Å². The summed E-state index contributed by atoms with van der Waals surface area (Å²) in [6, 6.07) is 14.2. The van der Waals surface area contributed by atoms with Crippen LogP contribution >= 0.6 is 11.3 Å². The minimum atomic E-state index is -0.395. The summed E-state index contributed by atoms with van der Waals surface area (Å²) in [5, 5.41) is 17.2. The summed E-state index contributed by atoms with van der Waals surface area (Å²) in [4.78, 5) is 20.3. The van der Waals surface area contributed by atoms with Gasteiger partial charge in [0.05, 0.1) is 16.9 Å². The molecular weight excluding hydrogens is 376 g/mol. The number of hydrogen-bond acceptors (Lipinski definition) is 7. The molecule has 7 nitrogen and oxygen atoms in total. The second-order valence-electron chi connectivity index (χ2n) is 5.94. The molecule has 4 aromatic rings. The van der Waals surface area contributed by atoms with Gasteiger partial charge in [-0.1, -0.05) is 12.1 Å². The van der Waals surface area contributed by atoms with Crippen LogP contribution in [0.3, 0.4) is 0 Å². The van der Waals surface area contributed by atoms with Crippen LogP contribution in [0.15, 0.2) is 60.2 Å². The number of thiophene rings is 1. The topological polar surface area (TPSA) is 90.2 Å². The normalized spacial score (nSPS) is 10.8. The summed E-state index contributed by atoms with van der Waals surface area (Å²) >= 11 is 1.48. The van der Waals surface area contributed by atoms with Crippen LogP contribution in [-0.4, -0.2) is 21.5 Å². The molecule has 0 spiro atoms. The molecule has 0 aliphatic rings. The van der Waals surface area contributed by atoms with Crippen LogP contribution in [0.2, 0.25) is 0 Å². The molecule has 0 amide bonds. The van der Waals surface area contributed by atoms with E-state index in [0.717, 1.165) is 32.8 Å². The molecule has 0 bridgehead atoms. The number of benzene rings is 2. The van der Waals surface area contributed by atoms with Crippen molar-refractivity contribution in [2.45, 2.75) is 6.92 Å². The predicted octanol–water partition coefficient (Wildman–Crippen LogP) is 5.41. The summed E-state index contributed by atoms with van der Waals surface area (Å²) < 4.78 is 5.47. The third-order valence-corrected chi connectivity index (χ3v) is 5.05. The van der Waals surface area contributed by atoms with E-state index >= 15 is 0 Å². The van der Waals surface area contributed by atoms with Gasteiger partial charge in [0.2, 0.25) is 0 Å². The highest BCUT2D eigenvalue weighted by Crippen LogP contribution is 2.38. The van der Waals surface area contributed by atoms with Crippen molar-refractivity contribution in [2.24, 2.45) is 0 Å². The molecule has 2 heterocycles. The van der Waals surface area contributed by atoms with Gasteiger partial charge in [0.1, 0.15) is 22.7 Å². The maximum Gasteiger partial charge on any atom is 0.270 e. The first-order valence-corrected chi connectivity index (χ1v) is 9.50. The Hall–Kier alpha value is -3.52. The number of anilines is 2. The van der Waals surface area contributed by atoms with E-state index in [2.05, 4.69) is 15.3 Å². The molecule has 0 aliphatic heterocycles. The van der Waals surface area contributed by atoms with Crippen molar-refractivity contribution in [3.63, 3.8) is 0 Å². The first-order chi connectivity index (χ1) is 13.7. The second-order valence-corrected chi connectivity index (χ2v) is 6.80. The number of fused-ring (bicyclic) bond motifs is 1. The van der Waals surface area contributed by atoms with Crippen LogP contribution in [0, 0.1) is 10.1 Å². The van der Waals surface area contributed by atoms with Crippen LogP contribution < -0.4 is 10.1 Å². The molecule has 28 heavy (non-hydrogen) atoms. The molecular formula is C20H16N4O3S. The Morgan fingerprint density at radius 1 is 1.18 bits per heavy atom. The third kappa shape index (κ3) is 3.49. The zero-order chi connectivity index (χ0) is 19.5. The van der Waals surface area contributed by atoms with Crippen molar-refractivity contribution >= 4 is 38.7 Å². The van der Waals surface area contributed by atoms with Gasteiger partial charge < -0.3 is 10.1 Å². The monoisotopic (exact) mass is 392 g/mol. The summed E-state index contributed by atoms with van der Waals surface area (Å²) in [5.41, 5.74) is 2.53. The maximum absolute atomic E-state index is 11.1. The SMILES string of the molecule is CCOc1ccc(Nc2ncnc3scc(-c4cccc([N+](=O)[O-])c4)c23)cc1. The van der Waals surface area contributed by atoms with Crippen LogP contribution in [0.5, 0.6) is 5.75 Å². The van der Waals surface area contributed by atoms with Crippen molar-refractivity contribution in [3.05, 3.63) is 70.4 Å². The number of hydrogen-bond donors (Lipinski definition) is 1. The van der Waals surface area contributed by atoms with Crippen molar-refractivity contribution in [3.8, 4) is 16.9 Å². The lowest BCUT2D eigenvalue weighted by Crippen LogP contribution is -1.96. The van der Waals surface area contributed by atoms with Crippen molar-refractivity contribution in [2.75, 3.05) is 11.9 Å². The van der Waals surface area contributed by atoms with Gasteiger partial charge in [0.25, 0.3) is 5.69 Å². The smallest absolute Gasteiger partial charge is 0.270 e. The lowest BCUT2D eigenvalue weighted by Gasteiger charge is -2.09. The average molecular weight is 392 g/mol. The Morgan fingerprint density at radius 2 is 2.00 bits per heavy atom. The number of nitro benzene ring substituents is 1. The highest BCUT2D eigenvalue weighted by Gasteiger charge is 2.15. The molecule has 0 saturated heterocycles. The highest BCUT2D eigenvalue weighted by molar-refractivity contribution is 7.17. The number of nitro groups is 1. The predicted molar refractivity (Wildman–Crippen MR) is 110 cm³/mol. The third-order valence-electron chi connectivity index (χ3n) is 4.17. The molecule has 0 unspecified atom stereocenters. The number of nitrogens with one attached hydrogen (secondary N) is 1. The Labute approximate surface area is 164 Å². The van der Waals surface area contributed by atoms with E-state index in [0.29, 0.717) is 12.4 Å². The molecule has 4 rings (SSSR count). The van der Waals surface area contributed by atoms with Crippen molar-refractivity contribution in [1.82, 2.24) is 9.97 Å². The van der Waals surface area contributed by atoms with E-state index in [4.69, 9.17) is 4.74 Å². The minimum Gasteiger partial charge on any atom is -0.494 e. The molecule has 0 aliphatic carbocycles. The van der Waals surface area contributed by atoms with E-state index in [1.54, 1.807) is 12.1 Å². The van der Waals surface area contributed by atoms with Crippen LogP contribution in [-0.2, 0) is 0 Å². The standard InChI is InChI=1S/C20H16N4O3S/c1-2-27-16-8-6-14(7-9-16)23-19-18-17(11-28-20(18)22-12-21-19)13-4-3-5-15(10-13)24(25)26/h3-12H,2H2,1H3,(H,21,22,23). The van der Waals surface area contributed by atoms with Gasteiger partial charge >= 0.3 is 0 Å². The maximum atomic E-state index is 11.1. The summed E-state index contributed by atoms with van der Waals surface area (Å²) in [6.45, 7) is 2.55. The van der Waals surface area contributed by atoms with Crippen LogP contribution in [0.1, 0.15) is 6.92 Å². The molecule has 0 saturated carbocycles. The van der Waals surface area contributed by atoms with Gasteiger partial charge in [-0.05, 0) is 36.8 Å². The zero-order valence-corrected chi connectivity index (χ0v) is 15.8. The number of non-ortho nitro benzene ring substituents is 1. The molecule has 1 N–H and O–H groups in total. The fourth-order valence-corrected chi connectivity index (χ4v) is 3.82. The quantitative estimate of drug-likeness (QED) is 0.349. The first kappa shape index (κ1) is 17.9. The molecule has 0 atom stereocenters. The minimum absolute atomic E-state index is 0.0507. The lowest BCUT2D eigenvalue weighted by molar-refractivity contribution is -0.384. The van der Waals surface area contributed by atoms with Gasteiger partial charge in [-0.3, -0.25) is 10.1 Å². The van der Waals surface area contributed by atoms with Crippen molar-refractivity contribution < 1.29 is 9.66 Å². The average Bonchev–Trinajstić information content (AvgIpc) is 3.15. The largest absolute Gasteiger partial charge is 0.494 e. The second kappa shape index (κ2) is 7.61. The van der Waals surface area contributed by atoms with Gasteiger partial charge in [0.15, 0.2) is 0 Å². The molecule has 140 valence electrons. The molecule has 0 fully saturated rings. The number of aromatic nitrogens is 2. The van der Waals surface area contributed by atoms with E-state index in [1.807, 2.05) is 42.6 Å². The van der Waals surface area contributed by atoms with Gasteiger partial charge in [-0.15, -0.1) is 11.3 Å². The van der Waals surface area contributed by atoms with Crippen LogP contribution in [0.4, 0.5) is 17.2 Å². The van der Waals surface area contributed by atoms with Gasteiger partial charge in [-0.2, -0.15) is 0 Å². The Morgan fingerprint density at radius 3 is 2.75 bits per heavy atom. The lowest BCUT2D eigenvalue weighted by atomic mass is 10.1. The van der Waals surface area contributed by atoms with E-state index in [-0.39, 0.29) is 5.69 Å². The molecule has 2 aromatic carbocycles. The number of ether oxygens (including phenoxy) is 1. The summed E-state index contributed by atoms with van der Waals surface area (Å²) in [7, 11) is 0. The first-order valence-electron chi connectivity index (χ1n) is 8.62. The molecule has 8 heteroatoms. The number of nitrogens with zero attached hydrogens (tertiary/aromatic N) is 3. The summed E-state index contributed by atoms with van der Waals surface area (Å²) in [6.07, 6.45) is 1.51. The van der Waals surface area contributed by atoms with Gasteiger partial charge in [-0.25, -0.2) is 9.97 Å². The Bertz CT molecular complexity index is 1140. The Kier molecular flexibility index (Phi) is 4.86.